The van der Waals surface area contributed by atoms with Gasteiger partial charge in [0, 0.05) is 6.42 Å². The lowest BCUT2D eigenvalue weighted by atomic mass is 10.0. The summed E-state index contributed by atoms with van der Waals surface area (Å²) in [5, 5.41) is 19.0. The molecule has 34 heavy (non-hydrogen) atoms. The number of allylic oxidation sites excluding steroid dienone is 2. The third-order valence-corrected chi connectivity index (χ3v) is 4.90. The van der Waals surface area contributed by atoms with Crippen LogP contribution in [-0.4, -0.2) is 59.4 Å². The van der Waals surface area contributed by atoms with Crippen molar-refractivity contribution in [3.05, 3.63) is 12.2 Å². The van der Waals surface area contributed by atoms with Gasteiger partial charge in [-0.25, -0.2) is 4.79 Å². The van der Waals surface area contributed by atoms with E-state index in [9.17, 15) is 29.1 Å². The molecule has 194 valence electrons. The quantitative estimate of drug-likeness (QED) is 0.157. The van der Waals surface area contributed by atoms with Crippen LogP contribution in [0.25, 0.3) is 0 Å². The second-order valence-corrected chi connectivity index (χ2v) is 9.23. The number of amides is 4. The van der Waals surface area contributed by atoms with Crippen molar-refractivity contribution in [2.24, 2.45) is 5.92 Å². The summed E-state index contributed by atoms with van der Waals surface area (Å²) in [7, 11) is 0. The topological polar surface area (TPSA) is 154 Å². The van der Waals surface area contributed by atoms with Crippen molar-refractivity contribution < 1.29 is 29.1 Å². The normalized spacial score (nSPS) is 12.3. The third-order valence-electron chi connectivity index (χ3n) is 4.90. The van der Waals surface area contributed by atoms with E-state index in [1.807, 2.05) is 19.9 Å². The molecule has 0 bridgehead atoms. The Kier molecular flexibility index (Phi) is 15.2. The molecule has 10 heteroatoms. The van der Waals surface area contributed by atoms with Crippen LogP contribution in [0.2, 0.25) is 0 Å². The van der Waals surface area contributed by atoms with Gasteiger partial charge in [-0.05, 0) is 45.4 Å². The Hall–Kier alpha value is -2.91. The summed E-state index contributed by atoms with van der Waals surface area (Å²) < 4.78 is 0. The maximum absolute atomic E-state index is 12.5. The average molecular weight is 483 g/mol. The minimum Gasteiger partial charge on any atom is -0.480 e. The summed E-state index contributed by atoms with van der Waals surface area (Å²) >= 11 is 0. The minimum absolute atomic E-state index is 0.0555. The van der Waals surface area contributed by atoms with Crippen LogP contribution in [0, 0.1) is 5.92 Å². The summed E-state index contributed by atoms with van der Waals surface area (Å²) in [5.74, 6) is -3.15. The maximum Gasteiger partial charge on any atom is 0.328 e. The van der Waals surface area contributed by atoms with E-state index >= 15 is 0 Å². The van der Waals surface area contributed by atoms with E-state index in [4.69, 9.17) is 0 Å². The van der Waals surface area contributed by atoms with Gasteiger partial charge in [-0.1, -0.05) is 45.8 Å². The van der Waals surface area contributed by atoms with Gasteiger partial charge in [-0.3, -0.25) is 19.2 Å². The van der Waals surface area contributed by atoms with E-state index < -0.39 is 35.3 Å². The lowest BCUT2D eigenvalue weighted by Crippen LogP contribution is -2.57. The first-order valence-electron chi connectivity index (χ1n) is 11.9. The Morgan fingerprint density at radius 3 is 2.06 bits per heavy atom. The molecule has 0 aromatic carbocycles. The summed E-state index contributed by atoms with van der Waals surface area (Å²) in [4.78, 5) is 59.7. The largest absolute Gasteiger partial charge is 0.480 e. The second-order valence-electron chi connectivity index (χ2n) is 9.23. The molecule has 0 unspecified atom stereocenters. The number of hydrogen-bond donors (Lipinski definition) is 5. The van der Waals surface area contributed by atoms with E-state index in [0.717, 1.165) is 12.8 Å². The summed E-state index contributed by atoms with van der Waals surface area (Å²) in [6.45, 7) is 7.93. The molecule has 0 aliphatic rings. The van der Waals surface area contributed by atoms with E-state index in [1.165, 1.54) is 26.7 Å². The summed E-state index contributed by atoms with van der Waals surface area (Å²) in [5.41, 5.74) is -1.49. The van der Waals surface area contributed by atoms with Crippen LogP contribution in [0.5, 0.6) is 0 Å². The maximum atomic E-state index is 12.5. The molecule has 0 aromatic rings. The summed E-state index contributed by atoms with van der Waals surface area (Å²) in [6.07, 6.45) is 9.67. The lowest BCUT2D eigenvalue weighted by Gasteiger charge is -2.26. The van der Waals surface area contributed by atoms with E-state index in [2.05, 4.69) is 34.3 Å². The SMILES string of the molecule is CCCCC/C=C\CCC(=O)NCC(=O)NCC(=O)N[C@@H](CC(C)C)C(=O)NC(C)(C)C(=O)O. The van der Waals surface area contributed by atoms with Gasteiger partial charge >= 0.3 is 5.97 Å². The van der Waals surface area contributed by atoms with Gasteiger partial charge in [0.2, 0.25) is 23.6 Å². The molecular formula is C24H42N4O6. The molecule has 4 amide bonds. The highest BCUT2D eigenvalue weighted by Gasteiger charge is 2.32. The van der Waals surface area contributed by atoms with Crippen molar-refractivity contribution >= 4 is 29.6 Å². The zero-order valence-corrected chi connectivity index (χ0v) is 21.2. The second kappa shape index (κ2) is 16.7. The van der Waals surface area contributed by atoms with Crippen LogP contribution in [0.15, 0.2) is 12.2 Å². The predicted molar refractivity (Wildman–Crippen MR) is 130 cm³/mol. The number of rotatable bonds is 17. The van der Waals surface area contributed by atoms with Crippen molar-refractivity contribution in [1.82, 2.24) is 21.3 Å². The van der Waals surface area contributed by atoms with Gasteiger partial charge in [0.25, 0.3) is 0 Å². The number of nitrogens with one attached hydrogen (secondary N) is 4. The molecule has 0 aromatic heterocycles. The Morgan fingerprint density at radius 1 is 0.882 bits per heavy atom. The monoisotopic (exact) mass is 482 g/mol. The minimum atomic E-state index is -1.49. The fourth-order valence-corrected chi connectivity index (χ4v) is 2.87. The molecule has 0 aliphatic carbocycles. The fraction of sp³-hybridized carbons (Fsp3) is 0.708. The molecular weight excluding hydrogens is 440 g/mol. The highest BCUT2D eigenvalue weighted by atomic mass is 16.4. The Morgan fingerprint density at radius 2 is 1.47 bits per heavy atom. The molecule has 0 saturated heterocycles. The van der Waals surface area contributed by atoms with Gasteiger partial charge in [0.15, 0.2) is 0 Å². The van der Waals surface area contributed by atoms with Crippen molar-refractivity contribution in [3.8, 4) is 0 Å². The van der Waals surface area contributed by atoms with Gasteiger partial charge < -0.3 is 26.4 Å². The molecule has 10 nitrogen and oxygen atoms in total. The predicted octanol–water partition coefficient (Wildman–Crippen LogP) is 1.65. The first-order valence-corrected chi connectivity index (χ1v) is 11.9. The molecule has 0 radical (unpaired) electrons. The van der Waals surface area contributed by atoms with Gasteiger partial charge in [-0.15, -0.1) is 0 Å². The average Bonchev–Trinajstić information content (AvgIpc) is 2.74. The Balaban J connectivity index is 4.40. The molecule has 1 atom stereocenters. The van der Waals surface area contributed by atoms with Crippen LogP contribution in [0.1, 0.15) is 79.6 Å². The van der Waals surface area contributed by atoms with Gasteiger partial charge in [-0.2, -0.15) is 0 Å². The molecule has 0 rings (SSSR count). The number of aliphatic carboxylic acids is 1. The zero-order chi connectivity index (χ0) is 26.1. The van der Waals surface area contributed by atoms with Crippen molar-refractivity contribution in [1.29, 1.82) is 0 Å². The fourth-order valence-electron chi connectivity index (χ4n) is 2.87. The highest BCUT2D eigenvalue weighted by Crippen LogP contribution is 2.08. The Labute approximate surface area is 202 Å². The van der Waals surface area contributed by atoms with Gasteiger partial charge in [0.05, 0.1) is 13.1 Å². The molecule has 5 N–H and O–H groups in total. The van der Waals surface area contributed by atoms with Crippen LogP contribution >= 0.6 is 0 Å². The van der Waals surface area contributed by atoms with Crippen molar-refractivity contribution in [3.63, 3.8) is 0 Å². The van der Waals surface area contributed by atoms with Crippen LogP contribution in [-0.2, 0) is 24.0 Å². The van der Waals surface area contributed by atoms with Crippen LogP contribution in [0.4, 0.5) is 0 Å². The number of carbonyl (C=O) groups excluding carboxylic acids is 4. The van der Waals surface area contributed by atoms with Crippen LogP contribution in [0.3, 0.4) is 0 Å². The Bertz CT molecular complexity index is 718. The third kappa shape index (κ3) is 15.0. The lowest BCUT2D eigenvalue weighted by molar-refractivity contribution is -0.146. The molecule has 0 aliphatic heterocycles. The number of hydrogen-bond acceptors (Lipinski definition) is 5. The molecule has 0 saturated carbocycles. The highest BCUT2D eigenvalue weighted by molar-refractivity contribution is 5.93. The standard InChI is InChI=1S/C24H42N4O6/c1-6-7-8-9-10-11-12-13-19(29)25-15-20(30)26-16-21(31)27-18(14-17(2)3)22(32)28-24(4,5)23(33)34/h10-11,17-18H,6-9,12-16H2,1-5H3,(H,25,29)(H,26,30)(H,27,31)(H,28,32)(H,33,34)/b11-10-/t18-/m0/s1. The van der Waals surface area contributed by atoms with E-state index in [0.29, 0.717) is 12.8 Å². The van der Waals surface area contributed by atoms with Crippen molar-refractivity contribution in [2.75, 3.05) is 13.1 Å². The zero-order valence-electron chi connectivity index (χ0n) is 21.2. The number of unbranched alkanes of at least 4 members (excludes halogenated alkanes) is 3. The molecule has 0 spiro atoms. The van der Waals surface area contributed by atoms with Crippen LogP contribution < -0.4 is 21.3 Å². The molecule has 0 fully saturated rings. The van der Waals surface area contributed by atoms with E-state index in [-0.39, 0.29) is 31.3 Å². The number of carbonyl (C=O) groups is 5. The molecule has 0 heterocycles. The van der Waals surface area contributed by atoms with Crippen molar-refractivity contribution in [2.45, 2.75) is 91.1 Å². The first-order chi connectivity index (χ1) is 15.9. The smallest absolute Gasteiger partial charge is 0.328 e. The number of carboxylic acid groups (broad SMARTS) is 1. The first kappa shape index (κ1) is 31.1. The summed E-state index contributed by atoms with van der Waals surface area (Å²) in [6, 6.07) is -0.947. The van der Waals surface area contributed by atoms with E-state index in [1.54, 1.807) is 0 Å². The van der Waals surface area contributed by atoms with Gasteiger partial charge in [0.1, 0.15) is 11.6 Å². The number of carboxylic acids is 1.